The molecule has 3 bridgehead atoms. The summed E-state index contributed by atoms with van der Waals surface area (Å²) in [6.45, 7) is 3.15. The van der Waals surface area contributed by atoms with E-state index in [1.54, 1.807) is 0 Å². The normalized spacial score (nSPS) is 38.3. The van der Waals surface area contributed by atoms with Crippen LogP contribution in [0.1, 0.15) is 36.7 Å². The summed E-state index contributed by atoms with van der Waals surface area (Å²) in [5.74, 6) is 2.31. The van der Waals surface area contributed by atoms with Gasteiger partial charge in [0, 0.05) is 12.6 Å². The molecule has 3 fully saturated rings. The van der Waals surface area contributed by atoms with E-state index in [1.807, 2.05) is 4.90 Å². The molecule has 2 saturated carbocycles. The minimum absolute atomic E-state index is 0.0147. The molecule has 0 spiro atoms. The van der Waals surface area contributed by atoms with Crippen molar-refractivity contribution in [2.24, 2.45) is 23.7 Å². The Hall–Kier alpha value is -1.45. The van der Waals surface area contributed by atoms with Crippen molar-refractivity contribution in [1.29, 1.82) is 0 Å². The Morgan fingerprint density at radius 2 is 2.10 bits per heavy atom. The average molecular weight is 274 g/mol. The highest BCUT2D eigenvalue weighted by Gasteiger charge is 2.53. The van der Waals surface area contributed by atoms with Crippen LogP contribution in [-0.4, -0.2) is 28.4 Å². The van der Waals surface area contributed by atoms with Gasteiger partial charge in [-0.15, -0.1) is 0 Å². The first-order chi connectivity index (χ1) is 9.63. The number of hydrogen-bond donors (Lipinski definition) is 0. The maximum Gasteiger partial charge on any atom is 0.272 e. The molecule has 4 heteroatoms. The van der Waals surface area contributed by atoms with E-state index >= 15 is 0 Å². The van der Waals surface area contributed by atoms with E-state index in [0.717, 1.165) is 18.7 Å². The molecule has 1 aliphatic heterocycles. The molecular formula is C16H19FN2O. The predicted molar refractivity (Wildman–Crippen MR) is 72.5 cm³/mol. The van der Waals surface area contributed by atoms with Gasteiger partial charge in [-0.1, -0.05) is 6.92 Å². The Morgan fingerprint density at radius 3 is 2.85 bits per heavy atom. The van der Waals surface area contributed by atoms with Crippen LogP contribution in [0.4, 0.5) is 4.39 Å². The number of aromatic nitrogens is 1. The Balaban J connectivity index is 1.65. The minimum Gasteiger partial charge on any atom is -0.333 e. The van der Waals surface area contributed by atoms with Crippen LogP contribution < -0.4 is 0 Å². The number of likely N-dealkylation sites (tertiary alicyclic amines) is 1. The third-order valence-electron chi connectivity index (χ3n) is 5.67. The number of piperidine rings is 1. The number of rotatable bonds is 1. The van der Waals surface area contributed by atoms with Gasteiger partial charge in [0.1, 0.15) is 11.5 Å². The summed E-state index contributed by atoms with van der Waals surface area (Å²) in [6.07, 6.45) is 4.97. The number of amides is 1. The molecule has 20 heavy (non-hydrogen) atoms. The average Bonchev–Trinajstić information content (AvgIpc) is 2.61. The summed E-state index contributed by atoms with van der Waals surface area (Å²) >= 11 is 0. The lowest BCUT2D eigenvalue weighted by Crippen LogP contribution is -2.50. The van der Waals surface area contributed by atoms with Crippen molar-refractivity contribution >= 4 is 5.91 Å². The second kappa shape index (κ2) is 4.27. The van der Waals surface area contributed by atoms with Crippen LogP contribution in [0.3, 0.4) is 0 Å². The topological polar surface area (TPSA) is 33.2 Å². The van der Waals surface area contributed by atoms with E-state index < -0.39 is 5.82 Å². The zero-order valence-corrected chi connectivity index (χ0v) is 11.6. The summed E-state index contributed by atoms with van der Waals surface area (Å²) in [7, 11) is 0. The first-order valence-electron chi connectivity index (χ1n) is 7.56. The predicted octanol–water partition coefficient (Wildman–Crippen LogP) is 2.73. The highest BCUT2D eigenvalue weighted by Crippen LogP contribution is 2.53. The summed E-state index contributed by atoms with van der Waals surface area (Å²) in [6, 6.07) is 3.20. The van der Waals surface area contributed by atoms with Gasteiger partial charge in [0.2, 0.25) is 0 Å². The van der Waals surface area contributed by atoms with E-state index in [4.69, 9.17) is 0 Å². The number of hydrogen-bond acceptors (Lipinski definition) is 2. The molecule has 5 atom stereocenters. The number of pyridine rings is 1. The quantitative estimate of drug-likeness (QED) is 0.789. The summed E-state index contributed by atoms with van der Waals surface area (Å²) in [5.41, 5.74) is 0.378. The molecule has 1 amide bonds. The molecule has 1 aromatic heterocycles. The largest absolute Gasteiger partial charge is 0.333 e. The van der Waals surface area contributed by atoms with Crippen molar-refractivity contribution in [3.05, 3.63) is 29.8 Å². The number of halogens is 1. The van der Waals surface area contributed by atoms with Gasteiger partial charge >= 0.3 is 0 Å². The second-order valence-electron chi connectivity index (χ2n) is 6.76. The standard InChI is InChI=1S/C16H19FN2O/c1-9-11-4-10-5-12(6-11)15(9)19(8-10)16(20)14-3-2-13(17)7-18-14/h2-3,7,9-12,15H,4-6,8H2,1H3/t9-,10-,11+,12-,15-/m1/s1. The van der Waals surface area contributed by atoms with Crippen LogP contribution >= 0.6 is 0 Å². The van der Waals surface area contributed by atoms with Gasteiger partial charge < -0.3 is 4.90 Å². The van der Waals surface area contributed by atoms with Gasteiger partial charge in [-0.3, -0.25) is 4.79 Å². The third kappa shape index (κ3) is 1.70. The summed E-state index contributed by atoms with van der Waals surface area (Å²) in [4.78, 5) is 18.7. The second-order valence-corrected chi connectivity index (χ2v) is 6.76. The monoisotopic (exact) mass is 274 g/mol. The number of nitrogens with zero attached hydrogens (tertiary/aromatic N) is 2. The molecule has 1 aromatic rings. The number of carbonyl (C=O) groups excluding carboxylic acids is 1. The molecule has 2 heterocycles. The maximum absolute atomic E-state index is 13.0. The minimum atomic E-state index is -0.394. The van der Waals surface area contributed by atoms with Crippen LogP contribution in [0.15, 0.2) is 18.3 Å². The zero-order valence-electron chi connectivity index (χ0n) is 11.6. The lowest BCUT2D eigenvalue weighted by Gasteiger charge is -2.42. The summed E-state index contributed by atoms with van der Waals surface area (Å²) < 4.78 is 13.0. The van der Waals surface area contributed by atoms with Gasteiger partial charge in [0.15, 0.2) is 0 Å². The van der Waals surface area contributed by atoms with Crippen LogP contribution in [0.5, 0.6) is 0 Å². The van der Waals surface area contributed by atoms with Crippen molar-refractivity contribution in [3.8, 4) is 0 Å². The maximum atomic E-state index is 13.0. The molecule has 4 rings (SSSR count). The number of carbonyl (C=O) groups is 1. The fourth-order valence-electron chi connectivity index (χ4n) is 4.91. The van der Waals surface area contributed by atoms with Crippen LogP contribution in [0.2, 0.25) is 0 Å². The molecule has 0 aromatic carbocycles. The van der Waals surface area contributed by atoms with Crippen molar-refractivity contribution in [2.75, 3.05) is 6.54 Å². The summed E-state index contributed by atoms with van der Waals surface area (Å²) in [5, 5.41) is 0. The Bertz CT molecular complexity index is 540. The molecule has 2 aliphatic carbocycles. The van der Waals surface area contributed by atoms with Gasteiger partial charge in [-0.25, -0.2) is 9.37 Å². The van der Waals surface area contributed by atoms with Crippen LogP contribution in [0, 0.1) is 29.5 Å². The van der Waals surface area contributed by atoms with Crippen LogP contribution in [-0.2, 0) is 0 Å². The Kier molecular flexibility index (Phi) is 2.63. The van der Waals surface area contributed by atoms with E-state index in [9.17, 15) is 9.18 Å². The fraction of sp³-hybridized carbons (Fsp3) is 0.625. The van der Waals surface area contributed by atoms with E-state index in [2.05, 4.69) is 11.9 Å². The van der Waals surface area contributed by atoms with E-state index in [0.29, 0.717) is 29.5 Å². The first-order valence-corrected chi connectivity index (χ1v) is 7.56. The molecule has 3 nitrogen and oxygen atoms in total. The Labute approximate surface area is 118 Å². The van der Waals surface area contributed by atoms with Gasteiger partial charge in [-0.2, -0.15) is 0 Å². The molecule has 0 N–H and O–H groups in total. The Morgan fingerprint density at radius 1 is 1.30 bits per heavy atom. The van der Waals surface area contributed by atoms with Crippen LogP contribution in [0.25, 0.3) is 0 Å². The van der Waals surface area contributed by atoms with E-state index in [-0.39, 0.29) is 5.91 Å². The van der Waals surface area contributed by atoms with Crippen molar-refractivity contribution in [1.82, 2.24) is 9.88 Å². The smallest absolute Gasteiger partial charge is 0.272 e. The van der Waals surface area contributed by atoms with Crippen molar-refractivity contribution < 1.29 is 9.18 Å². The first kappa shape index (κ1) is 12.3. The van der Waals surface area contributed by atoms with Gasteiger partial charge in [0.05, 0.1) is 6.20 Å². The molecule has 0 radical (unpaired) electrons. The molecule has 3 aliphatic rings. The van der Waals surface area contributed by atoms with Crippen molar-refractivity contribution in [2.45, 2.75) is 32.2 Å². The SMILES string of the molecule is C[C@@H]1[C@H]2C[C@@H]3C[C@H](C2)[C@@H]1N(C(=O)c1ccc(F)cn1)C3. The molecular weight excluding hydrogens is 255 g/mol. The van der Waals surface area contributed by atoms with Gasteiger partial charge in [0.25, 0.3) is 5.91 Å². The fourth-order valence-corrected chi connectivity index (χ4v) is 4.91. The lowest BCUT2D eigenvalue weighted by atomic mass is 9.77. The molecule has 106 valence electrons. The van der Waals surface area contributed by atoms with Crippen molar-refractivity contribution in [3.63, 3.8) is 0 Å². The zero-order chi connectivity index (χ0) is 13.9. The lowest BCUT2D eigenvalue weighted by molar-refractivity contribution is 0.0376. The highest BCUT2D eigenvalue weighted by atomic mass is 19.1. The van der Waals surface area contributed by atoms with Gasteiger partial charge in [-0.05, 0) is 55.1 Å². The number of fused-ring (bicyclic) bond motifs is 2. The third-order valence-corrected chi connectivity index (χ3v) is 5.67. The van der Waals surface area contributed by atoms with E-state index in [1.165, 1.54) is 31.4 Å². The highest BCUT2D eigenvalue weighted by molar-refractivity contribution is 5.92. The molecule has 0 unspecified atom stereocenters. The molecule has 1 saturated heterocycles.